The quantitative estimate of drug-likeness (QED) is 0.718. The van der Waals surface area contributed by atoms with Crippen molar-refractivity contribution in [3.05, 3.63) is 24.3 Å². The third-order valence-electron chi connectivity index (χ3n) is 3.32. The summed E-state index contributed by atoms with van der Waals surface area (Å²) in [6.45, 7) is 3.87. The monoisotopic (exact) mass is 222 g/mol. The summed E-state index contributed by atoms with van der Waals surface area (Å²) in [6.07, 6.45) is 10.8. The maximum Gasteiger partial charge on any atom is 0.187 e. The van der Waals surface area contributed by atoms with Crippen LogP contribution in [0.4, 0.5) is 0 Å². The van der Waals surface area contributed by atoms with Gasteiger partial charge in [0.25, 0.3) is 0 Å². The van der Waals surface area contributed by atoms with Crippen molar-refractivity contribution in [3.63, 3.8) is 0 Å². The highest BCUT2D eigenvalue weighted by molar-refractivity contribution is 5.17. The molecule has 1 unspecified atom stereocenters. The highest BCUT2D eigenvalue weighted by Gasteiger charge is 2.48. The fourth-order valence-corrected chi connectivity index (χ4v) is 2.67. The van der Waals surface area contributed by atoms with Crippen molar-refractivity contribution in [3.8, 4) is 0 Å². The van der Waals surface area contributed by atoms with Gasteiger partial charge in [-0.2, -0.15) is 0 Å². The number of fused-ring (bicyclic) bond motifs is 1. The van der Waals surface area contributed by atoms with Crippen LogP contribution >= 0.6 is 0 Å². The van der Waals surface area contributed by atoms with E-state index < -0.39 is 5.79 Å². The highest BCUT2D eigenvalue weighted by atomic mass is 16.8. The van der Waals surface area contributed by atoms with Gasteiger partial charge in [-0.1, -0.05) is 24.3 Å². The smallest absolute Gasteiger partial charge is 0.187 e. The molecule has 0 aromatic carbocycles. The molecule has 0 bridgehead atoms. The first-order valence-corrected chi connectivity index (χ1v) is 5.98. The van der Waals surface area contributed by atoms with Gasteiger partial charge >= 0.3 is 0 Å². The van der Waals surface area contributed by atoms with Crippen molar-refractivity contribution >= 4 is 0 Å². The summed E-state index contributed by atoms with van der Waals surface area (Å²) in [7, 11) is 0. The van der Waals surface area contributed by atoms with Crippen molar-refractivity contribution < 1.29 is 14.2 Å². The number of allylic oxidation sites excluding steroid dienone is 4. The molecule has 0 aromatic heterocycles. The molecule has 3 rings (SSSR count). The Morgan fingerprint density at radius 1 is 1.19 bits per heavy atom. The molecule has 3 atom stereocenters. The Morgan fingerprint density at radius 2 is 1.94 bits per heavy atom. The minimum atomic E-state index is -0.479. The van der Waals surface area contributed by atoms with E-state index in [9.17, 15) is 0 Å². The average molecular weight is 222 g/mol. The van der Waals surface area contributed by atoms with Gasteiger partial charge in [0.1, 0.15) is 6.10 Å². The van der Waals surface area contributed by atoms with Gasteiger partial charge < -0.3 is 14.2 Å². The summed E-state index contributed by atoms with van der Waals surface area (Å²) >= 11 is 0. The topological polar surface area (TPSA) is 27.7 Å². The Labute approximate surface area is 96.1 Å². The lowest BCUT2D eigenvalue weighted by atomic mass is 10.0. The largest absolute Gasteiger partial charge is 0.346 e. The van der Waals surface area contributed by atoms with E-state index >= 15 is 0 Å². The number of hydrogen-bond acceptors (Lipinski definition) is 3. The van der Waals surface area contributed by atoms with Crippen LogP contribution < -0.4 is 0 Å². The van der Waals surface area contributed by atoms with E-state index in [0.717, 1.165) is 12.8 Å². The van der Waals surface area contributed by atoms with Crippen LogP contribution in [-0.4, -0.2) is 24.3 Å². The van der Waals surface area contributed by atoms with E-state index in [1.54, 1.807) is 0 Å². The molecular weight excluding hydrogens is 204 g/mol. The van der Waals surface area contributed by atoms with Crippen LogP contribution in [0.25, 0.3) is 0 Å². The SMILES string of the molecule is CC1(C)O[C@H]2OC(CC3C=CC=C3)C[C@H]2O1. The van der Waals surface area contributed by atoms with Gasteiger partial charge in [-0.25, -0.2) is 0 Å². The molecule has 3 aliphatic rings. The highest BCUT2D eigenvalue weighted by Crippen LogP contribution is 2.39. The second-order valence-electron chi connectivity index (χ2n) is 5.21. The van der Waals surface area contributed by atoms with Crippen LogP contribution in [0.1, 0.15) is 26.7 Å². The number of rotatable bonds is 2. The Balaban J connectivity index is 1.56. The Hall–Kier alpha value is -0.640. The fourth-order valence-electron chi connectivity index (χ4n) is 2.67. The van der Waals surface area contributed by atoms with Crippen LogP contribution in [0.15, 0.2) is 24.3 Å². The lowest BCUT2D eigenvalue weighted by molar-refractivity contribution is -0.205. The van der Waals surface area contributed by atoms with Crippen LogP contribution in [0.3, 0.4) is 0 Å². The van der Waals surface area contributed by atoms with Crippen LogP contribution in [0.5, 0.6) is 0 Å². The van der Waals surface area contributed by atoms with Gasteiger partial charge in [-0.3, -0.25) is 0 Å². The van der Waals surface area contributed by atoms with Gasteiger partial charge in [0.05, 0.1) is 6.10 Å². The molecule has 16 heavy (non-hydrogen) atoms. The van der Waals surface area contributed by atoms with Gasteiger partial charge in [-0.05, 0) is 26.2 Å². The summed E-state index contributed by atoms with van der Waals surface area (Å²) in [4.78, 5) is 0. The molecule has 0 amide bonds. The standard InChI is InChI=1S/C13H18O3/c1-13(2)15-11-8-10(14-12(11)16-13)7-9-5-3-4-6-9/h3-6,9-12H,7-8H2,1-2H3/t10?,11-,12-/m1/s1. The molecule has 0 N–H and O–H groups in total. The first kappa shape index (κ1) is 10.5. The minimum Gasteiger partial charge on any atom is -0.346 e. The van der Waals surface area contributed by atoms with E-state index in [4.69, 9.17) is 14.2 Å². The second kappa shape index (κ2) is 3.69. The summed E-state index contributed by atoms with van der Waals surface area (Å²) in [5.74, 6) is 0.0461. The van der Waals surface area contributed by atoms with E-state index in [-0.39, 0.29) is 18.5 Å². The summed E-state index contributed by atoms with van der Waals surface area (Å²) in [6, 6.07) is 0. The van der Waals surface area contributed by atoms with E-state index in [2.05, 4.69) is 24.3 Å². The van der Waals surface area contributed by atoms with Gasteiger partial charge in [0.2, 0.25) is 0 Å². The van der Waals surface area contributed by atoms with Gasteiger partial charge in [-0.15, -0.1) is 0 Å². The number of hydrogen-bond donors (Lipinski definition) is 0. The van der Waals surface area contributed by atoms with Crippen LogP contribution in [0, 0.1) is 5.92 Å². The maximum atomic E-state index is 5.87. The molecule has 2 aliphatic heterocycles. The molecule has 3 nitrogen and oxygen atoms in total. The molecule has 2 saturated heterocycles. The third kappa shape index (κ3) is 1.95. The normalized spacial score (nSPS) is 40.8. The molecule has 2 fully saturated rings. The molecule has 1 aliphatic carbocycles. The molecule has 3 heteroatoms. The Bertz CT molecular complexity index is 304. The van der Waals surface area contributed by atoms with Crippen LogP contribution in [-0.2, 0) is 14.2 Å². The minimum absolute atomic E-state index is 0.120. The fraction of sp³-hybridized carbons (Fsp3) is 0.692. The molecule has 0 saturated carbocycles. The lowest BCUT2D eigenvalue weighted by Crippen LogP contribution is -2.25. The van der Waals surface area contributed by atoms with E-state index in [1.165, 1.54) is 0 Å². The van der Waals surface area contributed by atoms with Crippen molar-refractivity contribution in [2.75, 3.05) is 0 Å². The second-order valence-corrected chi connectivity index (χ2v) is 5.21. The number of ether oxygens (including phenoxy) is 3. The zero-order valence-corrected chi connectivity index (χ0v) is 9.76. The van der Waals surface area contributed by atoms with Crippen molar-refractivity contribution in [2.24, 2.45) is 5.92 Å². The first-order chi connectivity index (χ1) is 7.62. The van der Waals surface area contributed by atoms with Crippen molar-refractivity contribution in [1.29, 1.82) is 0 Å². The lowest BCUT2D eigenvalue weighted by Gasteiger charge is -2.21. The summed E-state index contributed by atoms with van der Waals surface area (Å²) < 4.78 is 17.3. The van der Waals surface area contributed by atoms with Gasteiger partial charge in [0.15, 0.2) is 12.1 Å². The zero-order valence-electron chi connectivity index (χ0n) is 9.76. The molecule has 88 valence electrons. The first-order valence-electron chi connectivity index (χ1n) is 5.98. The summed E-state index contributed by atoms with van der Waals surface area (Å²) in [5.41, 5.74) is 0. The molecule has 0 aromatic rings. The average Bonchev–Trinajstić information content (AvgIpc) is 2.80. The van der Waals surface area contributed by atoms with E-state index in [0.29, 0.717) is 5.92 Å². The zero-order chi connectivity index (χ0) is 11.2. The third-order valence-corrected chi connectivity index (χ3v) is 3.32. The van der Waals surface area contributed by atoms with E-state index in [1.807, 2.05) is 13.8 Å². The molecule has 0 radical (unpaired) electrons. The van der Waals surface area contributed by atoms with Crippen molar-refractivity contribution in [1.82, 2.24) is 0 Å². The Morgan fingerprint density at radius 3 is 2.62 bits per heavy atom. The predicted molar refractivity (Wildman–Crippen MR) is 59.7 cm³/mol. The Kier molecular flexibility index (Phi) is 2.42. The molecule has 0 spiro atoms. The maximum absolute atomic E-state index is 5.87. The summed E-state index contributed by atoms with van der Waals surface area (Å²) in [5, 5.41) is 0. The van der Waals surface area contributed by atoms with Gasteiger partial charge in [0, 0.05) is 6.42 Å². The molecular formula is C13H18O3. The van der Waals surface area contributed by atoms with Crippen LogP contribution in [0.2, 0.25) is 0 Å². The molecule has 2 heterocycles. The van der Waals surface area contributed by atoms with Crippen molar-refractivity contribution in [2.45, 2.75) is 51.0 Å². The predicted octanol–water partition coefficient (Wildman–Crippen LogP) is 2.39.